The number of nitrogens with one attached hydrogen (secondary N) is 1. The van der Waals surface area contributed by atoms with Crippen LogP contribution in [0.5, 0.6) is 0 Å². The fourth-order valence-electron chi connectivity index (χ4n) is 2.76. The highest BCUT2D eigenvalue weighted by Gasteiger charge is 2.35. The Kier molecular flexibility index (Phi) is 4.78. The molecule has 1 atom stereocenters. The summed E-state index contributed by atoms with van der Waals surface area (Å²) in [7, 11) is -3.85. The summed E-state index contributed by atoms with van der Waals surface area (Å²) in [5.74, 6) is -0.673. The van der Waals surface area contributed by atoms with Gasteiger partial charge in [0.1, 0.15) is 0 Å². The summed E-state index contributed by atoms with van der Waals surface area (Å²) in [5.41, 5.74) is 6.37. The second-order valence-electron chi connectivity index (χ2n) is 5.66. The maximum absolute atomic E-state index is 13.1. The molecule has 1 aliphatic heterocycles. The summed E-state index contributed by atoms with van der Waals surface area (Å²) >= 11 is 5.86. The van der Waals surface area contributed by atoms with Gasteiger partial charge >= 0.3 is 0 Å². The van der Waals surface area contributed by atoms with Gasteiger partial charge in [0.15, 0.2) is 5.04 Å². The van der Waals surface area contributed by atoms with Crippen LogP contribution in [0.2, 0.25) is 5.02 Å². The zero-order valence-corrected chi connectivity index (χ0v) is 14.8. The molecule has 2 aromatic carbocycles. The van der Waals surface area contributed by atoms with Gasteiger partial charge < -0.3 is 5.73 Å². The second-order valence-corrected chi connectivity index (χ2v) is 7.99. The Labute approximate surface area is 151 Å². The molecule has 1 unspecified atom stereocenters. The van der Waals surface area contributed by atoms with E-state index < -0.39 is 15.8 Å². The Hall–Kier alpha value is -2.38. The number of benzene rings is 2. The van der Waals surface area contributed by atoms with E-state index in [-0.39, 0.29) is 15.9 Å². The Morgan fingerprint density at radius 3 is 2.40 bits per heavy atom. The second kappa shape index (κ2) is 6.85. The third-order valence-corrected chi connectivity index (χ3v) is 6.09. The number of sulfone groups is 1. The maximum atomic E-state index is 13.1. The number of hydrogen-bond donors (Lipinski definition) is 2. The van der Waals surface area contributed by atoms with E-state index in [1.54, 1.807) is 0 Å². The number of halogens is 1. The predicted molar refractivity (Wildman–Crippen MR) is 98.5 cm³/mol. The van der Waals surface area contributed by atoms with Crippen molar-refractivity contribution in [2.24, 2.45) is 10.8 Å². The highest BCUT2D eigenvalue weighted by molar-refractivity contribution is 8.06. The van der Waals surface area contributed by atoms with Gasteiger partial charge in [-0.3, -0.25) is 5.41 Å². The van der Waals surface area contributed by atoms with E-state index in [2.05, 4.69) is 5.10 Å². The minimum absolute atomic E-state index is 0.0116. The molecule has 8 heteroatoms. The van der Waals surface area contributed by atoms with Gasteiger partial charge in [-0.1, -0.05) is 41.9 Å². The smallest absolute Gasteiger partial charge is 0.222 e. The van der Waals surface area contributed by atoms with E-state index in [0.717, 1.165) is 5.56 Å². The van der Waals surface area contributed by atoms with E-state index in [9.17, 15) is 8.42 Å². The normalized spacial score (nSPS) is 17.9. The first-order valence-corrected chi connectivity index (χ1v) is 9.51. The van der Waals surface area contributed by atoms with Crippen molar-refractivity contribution in [3.05, 3.63) is 65.2 Å². The molecule has 0 bridgehead atoms. The zero-order chi connectivity index (χ0) is 18.0. The molecule has 0 aliphatic carbocycles. The van der Waals surface area contributed by atoms with E-state index in [0.29, 0.717) is 18.0 Å². The SMILES string of the molecule is N=C(N)N1CCC(c2ccccc2)C(S(=O)(=O)c2ccc(Cl)cc2)=N1. The zero-order valence-electron chi connectivity index (χ0n) is 13.3. The van der Waals surface area contributed by atoms with Crippen LogP contribution >= 0.6 is 11.6 Å². The van der Waals surface area contributed by atoms with Gasteiger partial charge in [-0.05, 0) is 36.2 Å². The van der Waals surface area contributed by atoms with Crippen molar-refractivity contribution in [2.75, 3.05) is 6.54 Å². The van der Waals surface area contributed by atoms with Crippen molar-refractivity contribution in [2.45, 2.75) is 17.2 Å². The molecular weight excluding hydrogens is 360 g/mol. The monoisotopic (exact) mass is 376 g/mol. The van der Waals surface area contributed by atoms with Crippen molar-refractivity contribution < 1.29 is 8.42 Å². The number of nitrogens with two attached hydrogens (primary N) is 1. The molecular formula is C17H17ClN4O2S. The van der Waals surface area contributed by atoms with E-state index in [1.165, 1.54) is 29.3 Å². The average Bonchev–Trinajstić information content (AvgIpc) is 2.62. The van der Waals surface area contributed by atoms with Crippen molar-refractivity contribution >= 4 is 32.4 Å². The molecule has 0 amide bonds. The number of rotatable bonds is 2. The highest BCUT2D eigenvalue weighted by atomic mass is 35.5. The van der Waals surface area contributed by atoms with Crippen LogP contribution in [-0.4, -0.2) is 31.0 Å². The van der Waals surface area contributed by atoms with Crippen molar-refractivity contribution in [3.8, 4) is 0 Å². The number of nitrogens with zero attached hydrogens (tertiary/aromatic N) is 2. The predicted octanol–water partition coefficient (Wildman–Crippen LogP) is 2.81. The number of guanidine groups is 1. The van der Waals surface area contributed by atoms with E-state index >= 15 is 0 Å². The first-order valence-electron chi connectivity index (χ1n) is 7.65. The molecule has 6 nitrogen and oxygen atoms in total. The lowest BCUT2D eigenvalue weighted by atomic mass is 9.96. The summed E-state index contributed by atoms with van der Waals surface area (Å²) in [5, 5.41) is 13.4. The average molecular weight is 377 g/mol. The lowest BCUT2D eigenvalue weighted by Crippen LogP contribution is -2.41. The van der Waals surface area contributed by atoms with Gasteiger partial charge in [-0.25, -0.2) is 13.4 Å². The quantitative estimate of drug-likeness (QED) is 0.621. The molecule has 25 heavy (non-hydrogen) atoms. The van der Waals surface area contributed by atoms with Crippen LogP contribution in [0.25, 0.3) is 0 Å². The minimum Gasteiger partial charge on any atom is -0.369 e. The van der Waals surface area contributed by atoms with Crippen LogP contribution in [0.4, 0.5) is 0 Å². The molecule has 1 aliphatic rings. The van der Waals surface area contributed by atoms with Crippen LogP contribution in [0.3, 0.4) is 0 Å². The lowest BCUT2D eigenvalue weighted by molar-refractivity contribution is 0.398. The molecule has 0 spiro atoms. The molecule has 130 valence electrons. The van der Waals surface area contributed by atoms with Gasteiger partial charge in [0.2, 0.25) is 15.8 Å². The first-order chi connectivity index (χ1) is 11.9. The molecule has 1 heterocycles. The number of hydrazone groups is 1. The topological polar surface area (TPSA) is 99.6 Å². The van der Waals surface area contributed by atoms with Crippen LogP contribution < -0.4 is 5.73 Å². The first kappa shape index (κ1) is 17.4. The van der Waals surface area contributed by atoms with Gasteiger partial charge in [-0.2, -0.15) is 5.10 Å². The van der Waals surface area contributed by atoms with E-state index in [4.69, 9.17) is 22.7 Å². The largest absolute Gasteiger partial charge is 0.369 e. The third kappa shape index (κ3) is 3.52. The fraction of sp³-hybridized carbons (Fsp3) is 0.176. The molecule has 0 aromatic heterocycles. The Morgan fingerprint density at radius 2 is 1.80 bits per heavy atom. The molecule has 0 radical (unpaired) electrons. The molecule has 3 N–H and O–H groups in total. The van der Waals surface area contributed by atoms with Crippen molar-refractivity contribution in [3.63, 3.8) is 0 Å². The molecule has 3 rings (SSSR count). The minimum atomic E-state index is -3.85. The van der Waals surface area contributed by atoms with Gasteiger partial charge in [-0.15, -0.1) is 0 Å². The summed E-state index contributed by atoms with van der Waals surface area (Å²) in [6, 6.07) is 15.3. The van der Waals surface area contributed by atoms with Gasteiger partial charge in [0.25, 0.3) is 0 Å². The van der Waals surface area contributed by atoms with Gasteiger partial charge in [0.05, 0.1) is 4.90 Å². The molecule has 0 saturated carbocycles. The summed E-state index contributed by atoms with van der Waals surface area (Å²) < 4.78 is 26.3. The molecule has 0 saturated heterocycles. The molecule has 0 fully saturated rings. The fourth-order valence-corrected chi connectivity index (χ4v) is 4.45. The van der Waals surface area contributed by atoms with Crippen LogP contribution in [0.15, 0.2) is 64.6 Å². The van der Waals surface area contributed by atoms with Gasteiger partial charge in [0, 0.05) is 17.5 Å². The Morgan fingerprint density at radius 1 is 1.16 bits per heavy atom. The highest BCUT2D eigenvalue weighted by Crippen LogP contribution is 2.31. The van der Waals surface area contributed by atoms with Crippen LogP contribution in [0.1, 0.15) is 17.9 Å². The van der Waals surface area contributed by atoms with Crippen LogP contribution in [0, 0.1) is 5.41 Å². The van der Waals surface area contributed by atoms with E-state index in [1.807, 2.05) is 30.3 Å². The Balaban J connectivity index is 2.11. The summed E-state index contributed by atoms with van der Waals surface area (Å²) in [4.78, 5) is 0.113. The molecule has 2 aromatic rings. The van der Waals surface area contributed by atoms with Crippen LogP contribution in [-0.2, 0) is 9.84 Å². The third-order valence-electron chi connectivity index (χ3n) is 4.03. The summed E-state index contributed by atoms with van der Waals surface area (Å²) in [6.07, 6.45) is 0.495. The summed E-state index contributed by atoms with van der Waals surface area (Å²) in [6.45, 7) is 0.383. The maximum Gasteiger partial charge on any atom is 0.222 e. The Bertz CT molecular complexity index is 911. The van der Waals surface area contributed by atoms with Crippen molar-refractivity contribution in [1.82, 2.24) is 5.01 Å². The number of hydrogen-bond acceptors (Lipinski definition) is 4. The lowest BCUT2D eigenvalue weighted by Gasteiger charge is -2.29. The van der Waals surface area contributed by atoms with Crippen molar-refractivity contribution in [1.29, 1.82) is 5.41 Å². The standard InChI is InChI=1S/C17H17ClN4O2S/c18-13-6-8-14(9-7-13)25(23,24)16-15(12-4-2-1-3-5-12)10-11-22(21-16)17(19)20/h1-9,15H,10-11H2,(H3,19,20).